The van der Waals surface area contributed by atoms with Crippen molar-refractivity contribution in [1.29, 1.82) is 0 Å². The number of nitrogens with one attached hydrogen (secondary N) is 4. The maximum atomic E-state index is 12.4. The average molecular weight is 354 g/mol. The Bertz CT molecular complexity index is 996. The number of amides is 3. The van der Waals surface area contributed by atoms with E-state index in [1.165, 1.54) is 25.2 Å². The van der Waals surface area contributed by atoms with Gasteiger partial charge in [0.1, 0.15) is 0 Å². The van der Waals surface area contributed by atoms with Gasteiger partial charge in [-0.15, -0.1) is 0 Å². The number of carbonyl (C=O) groups excluding carboxylic acids is 2. The van der Waals surface area contributed by atoms with Crippen LogP contribution < -0.4 is 16.0 Å². The summed E-state index contributed by atoms with van der Waals surface area (Å²) in [6, 6.07) is 10.2. The van der Waals surface area contributed by atoms with Gasteiger partial charge in [0.05, 0.1) is 10.4 Å². The molecule has 26 heavy (non-hydrogen) atoms. The fourth-order valence-electron chi connectivity index (χ4n) is 2.31. The van der Waals surface area contributed by atoms with Gasteiger partial charge >= 0.3 is 6.03 Å². The van der Waals surface area contributed by atoms with E-state index < -0.39 is 10.8 Å². The number of hydrogen-bond acceptors (Lipinski definition) is 5. The van der Waals surface area contributed by atoms with E-state index in [0.717, 1.165) is 0 Å². The van der Waals surface area contributed by atoms with Gasteiger partial charge in [0.25, 0.3) is 11.6 Å². The van der Waals surface area contributed by atoms with Crippen LogP contribution in [0.15, 0.2) is 42.5 Å². The quantitative estimate of drug-likeness (QED) is 0.420. The first-order chi connectivity index (χ1) is 12.5. The SMILES string of the molecule is CNC(=O)Nc1ccc(NC(=O)c2n[nH]c3ccc([N+](=O)[O-])cc23)cc1. The van der Waals surface area contributed by atoms with Gasteiger partial charge in [-0.3, -0.25) is 20.0 Å². The van der Waals surface area contributed by atoms with Crippen LogP contribution in [0.2, 0.25) is 0 Å². The zero-order valence-electron chi connectivity index (χ0n) is 13.6. The number of non-ortho nitro benzene ring substituents is 1. The number of fused-ring (bicyclic) bond motifs is 1. The molecule has 1 aromatic heterocycles. The lowest BCUT2D eigenvalue weighted by atomic mass is 10.2. The predicted octanol–water partition coefficient (Wildman–Crippen LogP) is 2.47. The number of urea groups is 1. The van der Waals surface area contributed by atoms with Crippen molar-refractivity contribution < 1.29 is 14.5 Å². The summed E-state index contributed by atoms with van der Waals surface area (Å²) in [5, 5.41) is 25.6. The second-order valence-corrected chi connectivity index (χ2v) is 5.29. The fourth-order valence-corrected chi connectivity index (χ4v) is 2.31. The topological polar surface area (TPSA) is 142 Å². The first-order valence-electron chi connectivity index (χ1n) is 7.50. The molecule has 3 aromatic rings. The van der Waals surface area contributed by atoms with Gasteiger partial charge in [0, 0.05) is 35.9 Å². The highest BCUT2D eigenvalue weighted by Gasteiger charge is 2.17. The van der Waals surface area contributed by atoms with Crippen molar-refractivity contribution in [3.05, 3.63) is 58.3 Å². The molecule has 0 unspecified atom stereocenters. The van der Waals surface area contributed by atoms with Crippen molar-refractivity contribution in [3.63, 3.8) is 0 Å². The van der Waals surface area contributed by atoms with E-state index in [2.05, 4.69) is 26.1 Å². The first-order valence-corrected chi connectivity index (χ1v) is 7.50. The molecule has 0 saturated heterocycles. The van der Waals surface area contributed by atoms with E-state index in [4.69, 9.17) is 0 Å². The third-order valence-corrected chi connectivity index (χ3v) is 3.60. The van der Waals surface area contributed by atoms with Crippen LogP contribution in [0.25, 0.3) is 10.9 Å². The first kappa shape index (κ1) is 16.9. The zero-order chi connectivity index (χ0) is 18.7. The van der Waals surface area contributed by atoms with Crippen LogP contribution in [0.3, 0.4) is 0 Å². The number of H-pyrrole nitrogens is 1. The van der Waals surface area contributed by atoms with E-state index in [-0.39, 0.29) is 17.4 Å². The summed E-state index contributed by atoms with van der Waals surface area (Å²) in [5.74, 6) is -0.510. The van der Waals surface area contributed by atoms with E-state index in [9.17, 15) is 19.7 Å². The Morgan fingerprint density at radius 1 is 1.08 bits per heavy atom. The van der Waals surface area contributed by atoms with Crippen LogP contribution in [-0.2, 0) is 0 Å². The lowest BCUT2D eigenvalue weighted by Gasteiger charge is -2.07. The molecule has 132 valence electrons. The molecule has 0 bridgehead atoms. The monoisotopic (exact) mass is 354 g/mol. The summed E-state index contributed by atoms with van der Waals surface area (Å²) < 4.78 is 0. The summed E-state index contributed by atoms with van der Waals surface area (Å²) in [6.45, 7) is 0. The Morgan fingerprint density at radius 3 is 2.35 bits per heavy atom. The molecule has 2 aromatic carbocycles. The Hall–Kier alpha value is -3.95. The molecular formula is C16H14N6O4. The number of benzene rings is 2. The van der Waals surface area contributed by atoms with Crippen molar-refractivity contribution in [3.8, 4) is 0 Å². The van der Waals surface area contributed by atoms with E-state index in [1.54, 1.807) is 24.3 Å². The molecule has 1 heterocycles. The van der Waals surface area contributed by atoms with Crippen molar-refractivity contribution in [2.45, 2.75) is 0 Å². The van der Waals surface area contributed by atoms with Crippen molar-refractivity contribution >= 4 is 39.9 Å². The molecule has 0 fully saturated rings. The van der Waals surface area contributed by atoms with Crippen LogP contribution in [0.1, 0.15) is 10.5 Å². The molecule has 3 amide bonds. The molecule has 0 radical (unpaired) electrons. The normalized spacial score (nSPS) is 10.3. The fraction of sp³-hybridized carbons (Fsp3) is 0.0625. The van der Waals surface area contributed by atoms with Crippen LogP contribution in [0.4, 0.5) is 21.9 Å². The van der Waals surface area contributed by atoms with Crippen LogP contribution in [-0.4, -0.2) is 34.1 Å². The van der Waals surface area contributed by atoms with E-state index in [1.807, 2.05) is 0 Å². The molecule has 0 atom stereocenters. The summed E-state index contributed by atoms with van der Waals surface area (Å²) in [7, 11) is 1.50. The van der Waals surface area contributed by atoms with Crippen molar-refractivity contribution in [2.75, 3.05) is 17.7 Å². The Labute approximate surface area is 146 Å². The molecule has 10 nitrogen and oxygen atoms in total. The third-order valence-electron chi connectivity index (χ3n) is 3.60. The minimum absolute atomic E-state index is 0.0521. The minimum atomic E-state index is -0.535. The Morgan fingerprint density at radius 2 is 1.73 bits per heavy atom. The number of nitro groups is 1. The highest BCUT2D eigenvalue weighted by Crippen LogP contribution is 2.23. The lowest BCUT2D eigenvalue weighted by Crippen LogP contribution is -2.24. The number of aromatic amines is 1. The number of anilines is 2. The minimum Gasteiger partial charge on any atom is -0.341 e. The summed E-state index contributed by atoms with van der Waals surface area (Å²) in [5.41, 5.74) is 1.49. The molecule has 3 rings (SSSR count). The lowest BCUT2D eigenvalue weighted by molar-refractivity contribution is -0.384. The largest absolute Gasteiger partial charge is 0.341 e. The second-order valence-electron chi connectivity index (χ2n) is 5.29. The average Bonchev–Trinajstić information content (AvgIpc) is 3.06. The number of rotatable bonds is 4. The van der Waals surface area contributed by atoms with Gasteiger partial charge in [-0.2, -0.15) is 5.10 Å². The van der Waals surface area contributed by atoms with Crippen molar-refractivity contribution in [1.82, 2.24) is 15.5 Å². The number of nitro benzene ring substituents is 1. The third kappa shape index (κ3) is 3.43. The molecule has 0 aliphatic carbocycles. The molecule has 0 aliphatic heterocycles. The summed E-state index contributed by atoms with van der Waals surface area (Å²) >= 11 is 0. The maximum Gasteiger partial charge on any atom is 0.318 e. The highest BCUT2D eigenvalue weighted by atomic mass is 16.6. The van der Waals surface area contributed by atoms with Crippen molar-refractivity contribution in [2.24, 2.45) is 0 Å². The van der Waals surface area contributed by atoms with Gasteiger partial charge in [-0.05, 0) is 30.3 Å². The number of hydrogen-bond donors (Lipinski definition) is 4. The highest BCUT2D eigenvalue weighted by molar-refractivity contribution is 6.11. The van der Waals surface area contributed by atoms with E-state index >= 15 is 0 Å². The van der Waals surface area contributed by atoms with Gasteiger partial charge in [-0.1, -0.05) is 0 Å². The number of nitrogens with zero attached hydrogens (tertiary/aromatic N) is 2. The maximum absolute atomic E-state index is 12.4. The van der Waals surface area contributed by atoms with Gasteiger partial charge in [0.2, 0.25) is 0 Å². The molecule has 0 spiro atoms. The zero-order valence-corrected chi connectivity index (χ0v) is 13.6. The number of aromatic nitrogens is 2. The van der Waals surface area contributed by atoms with Crippen LogP contribution in [0, 0.1) is 10.1 Å². The molecule has 4 N–H and O–H groups in total. The van der Waals surface area contributed by atoms with Gasteiger partial charge < -0.3 is 16.0 Å². The van der Waals surface area contributed by atoms with E-state index in [0.29, 0.717) is 22.3 Å². The smallest absolute Gasteiger partial charge is 0.318 e. The Balaban J connectivity index is 1.79. The molecule has 0 saturated carbocycles. The van der Waals surface area contributed by atoms with Gasteiger partial charge in [0.15, 0.2) is 5.69 Å². The molecule has 0 aliphatic rings. The summed E-state index contributed by atoms with van der Waals surface area (Å²) in [6.07, 6.45) is 0. The van der Waals surface area contributed by atoms with Gasteiger partial charge in [-0.25, -0.2) is 4.79 Å². The predicted molar refractivity (Wildman–Crippen MR) is 95.2 cm³/mol. The molecule has 10 heteroatoms. The van der Waals surface area contributed by atoms with Crippen LogP contribution >= 0.6 is 0 Å². The standard InChI is InChI=1S/C16H14N6O4/c1-17-16(24)19-10-4-2-9(3-5-10)18-15(23)14-12-8-11(22(25)26)6-7-13(12)20-21-14/h2-8H,1H3,(H,18,23)(H,20,21)(H2,17,19,24). The summed E-state index contributed by atoms with van der Waals surface area (Å²) in [4.78, 5) is 34.1. The number of carbonyl (C=O) groups is 2. The molecular weight excluding hydrogens is 340 g/mol. The second kappa shape index (κ2) is 6.89. The Kier molecular flexibility index (Phi) is 4.48. The van der Waals surface area contributed by atoms with Crippen LogP contribution in [0.5, 0.6) is 0 Å².